The third-order valence-electron chi connectivity index (χ3n) is 4.11. The predicted molar refractivity (Wildman–Crippen MR) is 69.6 cm³/mol. The van der Waals surface area contributed by atoms with Crippen LogP contribution in [-0.4, -0.2) is 28.2 Å². The Hall–Kier alpha value is -0.0500. The lowest BCUT2D eigenvalue weighted by Crippen LogP contribution is -2.44. The summed E-state index contributed by atoms with van der Waals surface area (Å²) in [6, 6.07) is 0.556. The van der Waals surface area contributed by atoms with Gasteiger partial charge in [0.1, 0.15) is 0 Å². The highest BCUT2D eigenvalue weighted by Gasteiger charge is 2.40. The smallest absolute Gasteiger partial charge is 0.236 e. The lowest BCUT2D eigenvalue weighted by atomic mass is 9.85. The van der Waals surface area contributed by atoms with E-state index in [1.807, 2.05) is 0 Å². The Morgan fingerprint density at radius 3 is 2.62 bits per heavy atom. The Morgan fingerprint density at radius 2 is 1.94 bits per heavy atom. The molecule has 2 rings (SSSR count). The van der Waals surface area contributed by atoms with Crippen LogP contribution in [0.5, 0.6) is 0 Å². The fourth-order valence-corrected chi connectivity index (χ4v) is 3.39. The van der Waals surface area contributed by atoms with E-state index < -0.39 is 0 Å². The monoisotopic (exact) mass is 287 g/mol. The van der Waals surface area contributed by atoms with Gasteiger partial charge in [-0.25, -0.2) is 0 Å². The summed E-state index contributed by atoms with van der Waals surface area (Å²) >= 11 is 3.54. The summed E-state index contributed by atoms with van der Waals surface area (Å²) in [6.07, 6.45) is 6.47. The molecule has 2 aliphatic rings. The van der Waals surface area contributed by atoms with E-state index in [-0.39, 0.29) is 4.83 Å². The van der Waals surface area contributed by atoms with E-state index in [1.54, 1.807) is 0 Å². The lowest BCUT2D eigenvalue weighted by molar-refractivity contribution is -0.132. The highest BCUT2D eigenvalue weighted by Crippen LogP contribution is 2.37. The molecular formula is C13H22BrNO. The van der Waals surface area contributed by atoms with Gasteiger partial charge in [-0.2, -0.15) is 0 Å². The number of carbonyl (C=O) groups is 1. The third kappa shape index (κ3) is 2.29. The van der Waals surface area contributed by atoms with Crippen LogP contribution in [0.2, 0.25) is 0 Å². The molecule has 1 saturated heterocycles. The summed E-state index contributed by atoms with van der Waals surface area (Å²) in [5, 5.41) is 0. The van der Waals surface area contributed by atoms with E-state index in [0.29, 0.717) is 17.9 Å². The molecule has 0 radical (unpaired) electrons. The zero-order valence-electron chi connectivity index (χ0n) is 10.3. The summed E-state index contributed by atoms with van der Waals surface area (Å²) in [6.45, 7) is 5.19. The van der Waals surface area contributed by atoms with Gasteiger partial charge in [-0.3, -0.25) is 4.79 Å². The molecule has 0 spiro atoms. The average molecular weight is 288 g/mol. The van der Waals surface area contributed by atoms with E-state index in [2.05, 4.69) is 34.7 Å². The molecule has 0 aromatic heterocycles. The molecule has 2 fully saturated rings. The lowest BCUT2D eigenvalue weighted by Gasteiger charge is -2.33. The van der Waals surface area contributed by atoms with Crippen molar-refractivity contribution < 1.29 is 4.79 Å². The molecule has 3 unspecified atom stereocenters. The summed E-state index contributed by atoms with van der Waals surface area (Å²) in [4.78, 5) is 14.5. The third-order valence-corrected chi connectivity index (χ3v) is 5.56. The van der Waals surface area contributed by atoms with Gasteiger partial charge in [-0.05, 0) is 31.1 Å². The van der Waals surface area contributed by atoms with Crippen LogP contribution in [0.15, 0.2) is 0 Å². The summed E-state index contributed by atoms with van der Waals surface area (Å²) in [7, 11) is 0. The van der Waals surface area contributed by atoms with E-state index in [4.69, 9.17) is 0 Å². The topological polar surface area (TPSA) is 20.3 Å². The number of carbonyl (C=O) groups excluding carboxylic acids is 1. The van der Waals surface area contributed by atoms with Crippen LogP contribution < -0.4 is 0 Å². The van der Waals surface area contributed by atoms with Crippen LogP contribution in [-0.2, 0) is 4.79 Å². The van der Waals surface area contributed by atoms with Gasteiger partial charge in [0.25, 0.3) is 0 Å². The van der Waals surface area contributed by atoms with Gasteiger partial charge < -0.3 is 4.90 Å². The van der Waals surface area contributed by atoms with Crippen molar-refractivity contribution in [3.8, 4) is 0 Å². The first-order valence-corrected chi connectivity index (χ1v) is 7.47. The zero-order chi connectivity index (χ0) is 11.7. The van der Waals surface area contributed by atoms with Crippen LogP contribution in [0.4, 0.5) is 0 Å². The van der Waals surface area contributed by atoms with Gasteiger partial charge in [-0.1, -0.05) is 42.6 Å². The minimum Gasteiger partial charge on any atom is -0.338 e. The predicted octanol–water partition coefficient (Wildman–Crippen LogP) is 3.20. The number of amides is 1. The highest BCUT2D eigenvalue weighted by atomic mass is 79.9. The number of halogens is 1. The number of fused-ring (bicyclic) bond motifs is 1. The average Bonchev–Trinajstić information content (AvgIpc) is 2.70. The van der Waals surface area contributed by atoms with Crippen molar-refractivity contribution in [3.63, 3.8) is 0 Å². The molecule has 16 heavy (non-hydrogen) atoms. The number of hydrogen-bond donors (Lipinski definition) is 0. The second-order valence-electron chi connectivity index (χ2n) is 5.58. The maximum atomic E-state index is 12.3. The van der Waals surface area contributed by atoms with Crippen molar-refractivity contribution in [3.05, 3.63) is 0 Å². The molecule has 1 aliphatic heterocycles. The van der Waals surface area contributed by atoms with Gasteiger partial charge in [0.05, 0.1) is 4.83 Å². The molecule has 1 saturated carbocycles. The van der Waals surface area contributed by atoms with Crippen molar-refractivity contribution in [2.75, 3.05) is 6.54 Å². The Kier molecular flexibility index (Phi) is 3.93. The van der Waals surface area contributed by atoms with Crippen LogP contribution in [0.3, 0.4) is 0 Å². The maximum Gasteiger partial charge on any atom is 0.236 e. The normalized spacial score (nSPS) is 31.6. The van der Waals surface area contributed by atoms with Gasteiger partial charge in [0.15, 0.2) is 0 Å². The van der Waals surface area contributed by atoms with Gasteiger partial charge in [0, 0.05) is 12.6 Å². The van der Waals surface area contributed by atoms with E-state index in [1.165, 1.54) is 32.1 Å². The first kappa shape index (κ1) is 12.4. The van der Waals surface area contributed by atoms with Crippen molar-refractivity contribution >= 4 is 21.8 Å². The fourth-order valence-electron chi connectivity index (χ4n) is 3.12. The number of nitrogens with zero attached hydrogens (tertiary/aromatic N) is 1. The van der Waals surface area contributed by atoms with Crippen molar-refractivity contribution in [1.82, 2.24) is 4.90 Å². The van der Waals surface area contributed by atoms with Crippen LogP contribution in [0, 0.1) is 11.8 Å². The molecule has 1 heterocycles. The van der Waals surface area contributed by atoms with Crippen LogP contribution >= 0.6 is 15.9 Å². The summed E-state index contributed by atoms with van der Waals surface area (Å²) in [5.74, 6) is 1.50. The van der Waals surface area contributed by atoms with Crippen LogP contribution in [0.1, 0.15) is 46.0 Å². The van der Waals surface area contributed by atoms with Gasteiger partial charge in [-0.15, -0.1) is 0 Å². The quantitative estimate of drug-likeness (QED) is 0.715. The van der Waals surface area contributed by atoms with E-state index in [0.717, 1.165) is 12.5 Å². The fraction of sp³-hybridized carbons (Fsp3) is 0.923. The molecule has 1 amide bonds. The molecule has 92 valence electrons. The number of alkyl halides is 1. The molecule has 0 aromatic carbocycles. The van der Waals surface area contributed by atoms with E-state index >= 15 is 0 Å². The van der Waals surface area contributed by atoms with Crippen molar-refractivity contribution in [2.24, 2.45) is 11.8 Å². The summed E-state index contributed by atoms with van der Waals surface area (Å²) < 4.78 is 0. The first-order valence-electron chi connectivity index (χ1n) is 6.56. The number of rotatable bonds is 2. The second-order valence-corrected chi connectivity index (χ2v) is 6.56. The standard InChI is InChI=1S/C13H22BrNO/c1-9(2)12(14)13(16)15-8-7-10-5-3-4-6-11(10)15/h9-12H,3-8H2,1-2H3. The SMILES string of the molecule is CC(C)C(Br)C(=O)N1CCC2CCCCC21. The molecule has 2 nitrogen and oxygen atoms in total. The minimum absolute atomic E-state index is 0.00757. The van der Waals surface area contributed by atoms with Gasteiger partial charge >= 0.3 is 0 Å². The Labute approximate surface area is 107 Å². The van der Waals surface area contributed by atoms with Crippen LogP contribution in [0.25, 0.3) is 0 Å². The molecule has 3 atom stereocenters. The first-order chi connectivity index (χ1) is 7.61. The molecule has 0 N–H and O–H groups in total. The zero-order valence-corrected chi connectivity index (χ0v) is 11.9. The van der Waals surface area contributed by atoms with Crippen molar-refractivity contribution in [2.45, 2.75) is 56.8 Å². The highest BCUT2D eigenvalue weighted by molar-refractivity contribution is 9.10. The summed E-state index contributed by atoms with van der Waals surface area (Å²) in [5.41, 5.74) is 0. The molecule has 3 heteroatoms. The Bertz CT molecular complexity index is 267. The Balaban J connectivity index is 2.02. The molecule has 1 aliphatic carbocycles. The molecule has 0 aromatic rings. The number of likely N-dealkylation sites (tertiary alicyclic amines) is 1. The maximum absolute atomic E-state index is 12.3. The van der Waals surface area contributed by atoms with E-state index in [9.17, 15) is 4.79 Å². The Morgan fingerprint density at radius 1 is 1.25 bits per heavy atom. The number of hydrogen-bond acceptors (Lipinski definition) is 1. The van der Waals surface area contributed by atoms with Gasteiger partial charge in [0.2, 0.25) is 5.91 Å². The molecule has 0 bridgehead atoms. The second kappa shape index (κ2) is 5.07. The largest absolute Gasteiger partial charge is 0.338 e. The molecular weight excluding hydrogens is 266 g/mol. The van der Waals surface area contributed by atoms with Crippen molar-refractivity contribution in [1.29, 1.82) is 0 Å². The minimum atomic E-state index is 0.00757.